The van der Waals surface area contributed by atoms with Crippen molar-refractivity contribution in [1.82, 2.24) is 9.62 Å². The van der Waals surface area contributed by atoms with Crippen molar-refractivity contribution in [2.75, 3.05) is 40.4 Å². The number of morpholine rings is 1. The molecule has 0 unspecified atom stereocenters. The van der Waals surface area contributed by atoms with Crippen LogP contribution in [-0.4, -0.2) is 59.0 Å². The van der Waals surface area contributed by atoms with Crippen molar-refractivity contribution in [2.45, 2.75) is 18.0 Å². The molecule has 8 heteroatoms. The third-order valence-electron chi connectivity index (χ3n) is 4.81. The van der Waals surface area contributed by atoms with Crippen molar-refractivity contribution in [3.63, 3.8) is 0 Å². The molecule has 156 valence electrons. The minimum Gasteiger partial charge on any atom is -0.379 e. The fourth-order valence-corrected chi connectivity index (χ4v) is 4.75. The van der Waals surface area contributed by atoms with Gasteiger partial charge < -0.3 is 15.0 Å². The van der Waals surface area contributed by atoms with E-state index in [2.05, 4.69) is 25.5 Å². The van der Waals surface area contributed by atoms with Crippen LogP contribution in [0.3, 0.4) is 0 Å². The number of ether oxygens (including phenoxy) is 1. The predicted molar refractivity (Wildman–Crippen MR) is 110 cm³/mol. The molecule has 2 aromatic carbocycles. The van der Waals surface area contributed by atoms with E-state index >= 15 is 0 Å². The lowest BCUT2D eigenvalue weighted by Crippen LogP contribution is -3.04. The Morgan fingerprint density at radius 3 is 2.45 bits per heavy atom. The third-order valence-corrected chi connectivity index (χ3v) is 6.70. The number of hydrogen-bond acceptors (Lipinski definition) is 4. The van der Waals surface area contributed by atoms with Crippen LogP contribution in [-0.2, 0) is 27.8 Å². The average Bonchev–Trinajstić information content (AvgIpc) is 2.73. The molecule has 0 aromatic heterocycles. The number of carbonyl (C=O) groups excluding carboxylic acids is 1. The van der Waals surface area contributed by atoms with Gasteiger partial charge in [-0.3, -0.25) is 4.79 Å². The quantitative estimate of drug-likeness (QED) is 0.677. The second-order valence-corrected chi connectivity index (χ2v) is 9.32. The molecule has 3 rings (SSSR count). The Hall–Kier alpha value is -2.26. The fraction of sp³-hybridized carbons (Fsp3) is 0.381. The smallest absolute Gasteiger partial charge is 0.251 e. The Bertz CT molecular complexity index is 954. The first-order valence-corrected chi connectivity index (χ1v) is 11.1. The Kier molecular flexibility index (Phi) is 7.02. The van der Waals surface area contributed by atoms with Gasteiger partial charge in [0.2, 0.25) is 10.0 Å². The van der Waals surface area contributed by atoms with Gasteiger partial charge in [-0.15, -0.1) is 0 Å². The highest BCUT2D eigenvalue weighted by Gasteiger charge is 2.26. The lowest BCUT2D eigenvalue weighted by Gasteiger charge is -2.26. The van der Waals surface area contributed by atoms with Crippen LogP contribution >= 0.6 is 0 Å². The highest BCUT2D eigenvalue weighted by molar-refractivity contribution is 7.89. The SMILES string of the molecule is C[NH+](C)Cc1ccccc1CNC(=O)c1cccc(S(=O)(=O)N2CCOCC2)c1. The molecule has 0 bridgehead atoms. The predicted octanol–water partition coefficient (Wildman–Crippen LogP) is 0.282. The van der Waals surface area contributed by atoms with Gasteiger partial charge in [0.05, 0.1) is 32.2 Å². The fourth-order valence-electron chi connectivity index (χ4n) is 3.29. The van der Waals surface area contributed by atoms with E-state index < -0.39 is 10.0 Å². The summed E-state index contributed by atoms with van der Waals surface area (Å²) in [6, 6.07) is 14.2. The molecule has 0 saturated carbocycles. The highest BCUT2D eigenvalue weighted by Crippen LogP contribution is 2.18. The molecule has 29 heavy (non-hydrogen) atoms. The maximum Gasteiger partial charge on any atom is 0.251 e. The lowest BCUT2D eigenvalue weighted by molar-refractivity contribution is -0.872. The summed E-state index contributed by atoms with van der Waals surface area (Å²) in [7, 11) is 0.523. The molecular formula is C21H28N3O4S+. The van der Waals surface area contributed by atoms with Crippen LogP contribution in [0.2, 0.25) is 0 Å². The first kappa shape index (κ1) is 21.4. The Morgan fingerprint density at radius 1 is 1.07 bits per heavy atom. The zero-order valence-electron chi connectivity index (χ0n) is 16.8. The minimum atomic E-state index is -3.63. The molecule has 1 heterocycles. The summed E-state index contributed by atoms with van der Waals surface area (Å²) in [5.74, 6) is -0.295. The second kappa shape index (κ2) is 9.49. The zero-order chi connectivity index (χ0) is 20.9. The highest BCUT2D eigenvalue weighted by atomic mass is 32.2. The summed E-state index contributed by atoms with van der Waals surface area (Å²) in [6.07, 6.45) is 0. The van der Waals surface area contributed by atoms with Crippen LogP contribution in [0.25, 0.3) is 0 Å². The number of hydrogen-bond donors (Lipinski definition) is 2. The second-order valence-electron chi connectivity index (χ2n) is 7.38. The number of nitrogens with one attached hydrogen (secondary N) is 2. The number of nitrogens with zero attached hydrogens (tertiary/aromatic N) is 1. The van der Waals surface area contributed by atoms with E-state index in [1.807, 2.05) is 18.2 Å². The Morgan fingerprint density at radius 2 is 1.76 bits per heavy atom. The van der Waals surface area contributed by atoms with Gasteiger partial charge in [-0.1, -0.05) is 30.3 Å². The van der Waals surface area contributed by atoms with E-state index in [-0.39, 0.29) is 10.8 Å². The number of carbonyl (C=O) groups is 1. The van der Waals surface area contributed by atoms with Gasteiger partial charge in [0.15, 0.2) is 0 Å². The van der Waals surface area contributed by atoms with E-state index in [1.165, 1.54) is 26.9 Å². The molecule has 2 N–H and O–H groups in total. The molecule has 7 nitrogen and oxygen atoms in total. The van der Waals surface area contributed by atoms with E-state index in [0.29, 0.717) is 38.4 Å². The van der Waals surface area contributed by atoms with Gasteiger partial charge in [0.25, 0.3) is 5.91 Å². The largest absolute Gasteiger partial charge is 0.379 e. The molecule has 0 atom stereocenters. The van der Waals surface area contributed by atoms with Crippen molar-refractivity contribution in [3.8, 4) is 0 Å². The molecule has 1 aliphatic rings. The van der Waals surface area contributed by atoms with Crippen LogP contribution in [0.15, 0.2) is 53.4 Å². The number of benzene rings is 2. The van der Waals surface area contributed by atoms with Crippen molar-refractivity contribution in [3.05, 3.63) is 65.2 Å². The maximum atomic E-state index is 12.8. The summed E-state index contributed by atoms with van der Waals surface area (Å²) in [6.45, 7) is 2.66. The first-order chi connectivity index (χ1) is 13.9. The molecule has 0 radical (unpaired) electrons. The first-order valence-electron chi connectivity index (χ1n) is 9.70. The molecule has 0 aliphatic carbocycles. The number of sulfonamides is 1. The molecule has 1 fully saturated rings. The Labute approximate surface area is 172 Å². The molecule has 1 amide bonds. The third kappa shape index (κ3) is 5.42. The van der Waals surface area contributed by atoms with Crippen molar-refractivity contribution >= 4 is 15.9 Å². The number of quaternary nitrogens is 1. The van der Waals surface area contributed by atoms with Gasteiger partial charge in [-0.2, -0.15) is 4.31 Å². The van der Waals surface area contributed by atoms with E-state index in [9.17, 15) is 13.2 Å². The van der Waals surface area contributed by atoms with E-state index in [1.54, 1.807) is 12.1 Å². The molecule has 2 aromatic rings. The van der Waals surface area contributed by atoms with Crippen molar-refractivity contribution in [1.29, 1.82) is 0 Å². The van der Waals surface area contributed by atoms with Gasteiger partial charge in [-0.05, 0) is 23.8 Å². The van der Waals surface area contributed by atoms with Gasteiger partial charge >= 0.3 is 0 Å². The summed E-state index contributed by atoms with van der Waals surface area (Å²) in [4.78, 5) is 14.1. The van der Waals surface area contributed by atoms with Crippen molar-refractivity contribution in [2.24, 2.45) is 0 Å². The standard InChI is InChI=1S/C21H27N3O4S/c1-23(2)16-19-7-4-3-6-18(19)15-22-21(25)17-8-5-9-20(14-17)29(26,27)24-10-12-28-13-11-24/h3-9,14H,10-13,15-16H2,1-2H3,(H,22,25)/p+1. The molecule has 1 saturated heterocycles. The molecule has 0 spiro atoms. The van der Waals surface area contributed by atoms with Gasteiger partial charge in [0, 0.05) is 30.8 Å². The number of amides is 1. The van der Waals surface area contributed by atoms with Crippen LogP contribution in [0.5, 0.6) is 0 Å². The Balaban J connectivity index is 1.72. The van der Waals surface area contributed by atoms with Gasteiger partial charge in [-0.25, -0.2) is 8.42 Å². The minimum absolute atomic E-state index is 0.128. The van der Waals surface area contributed by atoms with Crippen LogP contribution in [0.1, 0.15) is 21.5 Å². The lowest BCUT2D eigenvalue weighted by atomic mass is 10.1. The van der Waals surface area contributed by atoms with Crippen molar-refractivity contribution < 1.29 is 22.8 Å². The normalized spacial score (nSPS) is 15.4. The monoisotopic (exact) mass is 418 g/mol. The summed E-state index contributed by atoms with van der Waals surface area (Å²) < 4.78 is 32.3. The molecule has 1 aliphatic heterocycles. The average molecular weight is 419 g/mol. The van der Waals surface area contributed by atoms with Crippen LogP contribution in [0.4, 0.5) is 0 Å². The zero-order valence-corrected chi connectivity index (χ0v) is 17.7. The molecular weight excluding hydrogens is 390 g/mol. The number of rotatable bonds is 7. The summed E-state index contributed by atoms with van der Waals surface area (Å²) >= 11 is 0. The summed E-state index contributed by atoms with van der Waals surface area (Å²) in [5, 5.41) is 2.91. The van der Waals surface area contributed by atoms with E-state index in [4.69, 9.17) is 4.74 Å². The van der Waals surface area contributed by atoms with E-state index in [0.717, 1.165) is 12.1 Å². The topological polar surface area (TPSA) is 80.2 Å². The van der Waals surface area contributed by atoms with Crippen LogP contribution in [0, 0.1) is 0 Å². The van der Waals surface area contributed by atoms with Gasteiger partial charge in [0.1, 0.15) is 6.54 Å². The summed E-state index contributed by atoms with van der Waals surface area (Å²) in [5.41, 5.74) is 2.56. The maximum absolute atomic E-state index is 12.8. The van der Waals surface area contributed by atoms with Crippen LogP contribution < -0.4 is 10.2 Å².